The Morgan fingerprint density at radius 3 is 1.76 bits per heavy atom. The quantitative estimate of drug-likeness (QED) is 0.251. The average molecular weight is 255 g/mol. The fraction of sp³-hybridized carbons (Fsp3) is 0.875. The molecule has 0 aliphatic heterocycles. The Balaban J connectivity index is 2.91. The van der Waals surface area contributed by atoms with Crippen LogP contribution in [0.2, 0.25) is 0 Å². The van der Waals surface area contributed by atoms with Crippen molar-refractivity contribution in [2.45, 2.75) is 84.5 Å². The lowest BCUT2D eigenvalue weighted by molar-refractivity contribution is 0.563. The van der Waals surface area contributed by atoms with E-state index in [2.05, 4.69) is 25.7 Å². The first-order chi connectivity index (χ1) is 8.41. The molecule has 0 spiro atoms. The van der Waals surface area contributed by atoms with Crippen molar-refractivity contribution in [2.24, 2.45) is 0 Å². The first-order valence-corrected chi connectivity index (χ1v) is 8.88. The molecule has 0 aliphatic carbocycles. The summed E-state index contributed by atoms with van der Waals surface area (Å²) in [5, 5.41) is 0. The van der Waals surface area contributed by atoms with Gasteiger partial charge in [0.15, 0.2) is 0 Å². The predicted octanol–water partition coefficient (Wildman–Crippen LogP) is 6.78. The summed E-state index contributed by atoms with van der Waals surface area (Å²) in [7, 11) is 1.52. The number of unbranched alkanes of at least 4 members (excludes halogenated alkanes) is 9. The van der Waals surface area contributed by atoms with Gasteiger partial charge in [0.2, 0.25) is 0 Å². The molecule has 0 N–H and O–H groups in total. The number of rotatable bonds is 13. The minimum Gasteiger partial charge on any atom is -0.0840 e. The monoisotopic (exact) mass is 255 g/mol. The standard InChI is InChI=1S/C16H32P/c1-3-5-7-8-9-10-11-12-13-14-16-17-15-6-4-2/h6,15H,3-5,7-14,16H2,1-2H3/b15-6+. The van der Waals surface area contributed by atoms with Crippen LogP contribution in [-0.2, 0) is 0 Å². The van der Waals surface area contributed by atoms with E-state index in [4.69, 9.17) is 0 Å². The lowest BCUT2D eigenvalue weighted by atomic mass is 10.1. The van der Waals surface area contributed by atoms with Crippen molar-refractivity contribution in [3.05, 3.63) is 11.9 Å². The van der Waals surface area contributed by atoms with Crippen LogP contribution in [0.25, 0.3) is 0 Å². The molecule has 0 bridgehead atoms. The van der Waals surface area contributed by atoms with Crippen LogP contribution in [-0.4, -0.2) is 6.16 Å². The molecule has 0 heterocycles. The molecule has 0 rings (SSSR count). The van der Waals surface area contributed by atoms with E-state index in [-0.39, 0.29) is 0 Å². The van der Waals surface area contributed by atoms with Gasteiger partial charge in [-0.2, -0.15) is 0 Å². The summed E-state index contributed by atoms with van der Waals surface area (Å²) in [5.74, 6) is 2.31. The summed E-state index contributed by atoms with van der Waals surface area (Å²) in [6.45, 7) is 4.49. The first kappa shape index (κ1) is 17.2. The molecule has 0 aromatic rings. The maximum atomic E-state index is 2.31. The molecule has 17 heavy (non-hydrogen) atoms. The van der Waals surface area contributed by atoms with Crippen LogP contribution in [0, 0.1) is 0 Å². The molecule has 0 atom stereocenters. The molecule has 0 saturated heterocycles. The zero-order valence-electron chi connectivity index (χ0n) is 12.1. The van der Waals surface area contributed by atoms with E-state index in [1.165, 1.54) is 85.4 Å². The topological polar surface area (TPSA) is 0 Å². The molecule has 0 aliphatic rings. The minimum absolute atomic E-state index is 1.19. The van der Waals surface area contributed by atoms with Gasteiger partial charge in [0, 0.05) is 0 Å². The Hall–Kier alpha value is 0.170. The maximum Gasteiger partial charge on any atom is -0.0250 e. The number of hydrogen-bond acceptors (Lipinski definition) is 0. The Kier molecular flexibility index (Phi) is 16.3. The van der Waals surface area contributed by atoms with Crippen molar-refractivity contribution in [3.8, 4) is 0 Å². The molecular formula is C16H32P. The second-order valence-electron chi connectivity index (χ2n) is 4.88. The lowest BCUT2D eigenvalue weighted by Gasteiger charge is -2.01. The van der Waals surface area contributed by atoms with Crippen LogP contribution in [0.3, 0.4) is 0 Å². The van der Waals surface area contributed by atoms with Gasteiger partial charge in [0.1, 0.15) is 0 Å². The SMILES string of the molecule is CC/C=C/[P]CCCCCCCCCCCC. The van der Waals surface area contributed by atoms with Crippen molar-refractivity contribution in [1.29, 1.82) is 0 Å². The minimum atomic E-state index is 1.19. The van der Waals surface area contributed by atoms with Gasteiger partial charge in [-0.05, 0) is 19.0 Å². The summed E-state index contributed by atoms with van der Waals surface area (Å²) in [6.07, 6.45) is 19.3. The van der Waals surface area contributed by atoms with Crippen LogP contribution >= 0.6 is 8.58 Å². The second-order valence-corrected chi connectivity index (χ2v) is 5.99. The van der Waals surface area contributed by atoms with E-state index in [1.54, 1.807) is 0 Å². The smallest absolute Gasteiger partial charge is 0.0250 e. The molecule has 0 fully saturated rings. The van der Waals surface area contributed by atoms with Crippen molar-refractivity contribution in [3.63, 3.8) is 0 Å². The lowest BCUT2D eigenvalue weighted by Crippen LogP contribution is -1.82. The third kappa shape index (κ3) is 16.2. The third-order valence-electron chi connectivity index (χ3n) is 3.09. The fourth-order valence-electron chi connectivity index (χ4n) is 1.95. The summed E-state index contributed by atoms with van der Waals surface area (Å²) in [4.78, 5) is 0. The molecule has 1 radical (unpaired) electrons. The fourth-order valence-corrected chi connectivity index (χ4v) is 2.86. The highest BCUT2D eigenvalue weighted by atomic mass is 31.1. The normalized spacial score (nSPS) is 12.1. The van der Waals surface area contributed by atoms with Crippen LogP contribution in [0.15, 0.2) is 11.9 Å². The average Bonchev–Trinajstić information content (AvgIpc) is 2.35. The van der Waals surface area contributed by atoms with Gasteiger partial charge in [-0.1, -0.05) is 92.1 Å². The van der Waals surface area contributed by atoms with Gasteiger partial charge in [-0.15, -0.1) is 0 Å². The van der Waals surface area contributed by atoms with Crippen LogP contribution in [0.1, 0.15) is 84.5 Å². The maximum absolute atomic E-state index is 2.31. The summed E-state index contributed by atoms with van der Waals surface area (Å²) >= 11 is 0. The largest absolute Gasteiger partial charge is 0.0840 e. The number of allylic oxidation sites excluding steroid dienone is 1. The molecule has 0 aromatic heterocycles. The third-order valence-corrected chi connectivity index (χ3v) is 4.08. The highest BCUT2D eigenvalue weighted by Gasteiger charge is 1.92. The molecular weight excluding hydrogens is 223 g/mol. The Bertz CT molecular complexity index is 152. The predicted molar refractivity (Wildman–Crippen MR) is 83.1 cm³/mol. The molecule has 0 nitrogen and oxygen atoms in total. The highest BCUT2D eigenvalue weighted by molar-refractivity contribution is 7.41. The van der Waals surface area contributed by atoms with E-state index in [9.17, 15) is 0 Å². The summed E-state index contributed by atoms with van der Waals surface area (Å²) < 4.78 is 0. The Labute approximate surface area is 111 Å². The van der Waals surface area contributed by atoms with E-state index < -0.39 is 0 Å². The van der Waals surface area contributed by atoms with Gasteiger partial charge in [-0.3, -0.25) is 0 Å². The molecule has 0 saturated carbocycles. The Morgan fingerprint density at radius 1 is 0.706 bits per heavy atom. The first-order valence-electron chi connectivity index (χ1n) is 7.73. The zero-order chi connectivity index (χ0) is 12.6. The van der Waals surface area contributed by atoms with E-state index >= 15 is 0 Å². The number of hydrogen-bond donors (Lipinski definition) is 0. The molecule has 101 valence electrons. The van der Waals surface area contributed by atoms with Crippen molar-refractivity contribution >= 4 is 8.58 Å². The van der Waals surface area contributed by atoms with Gasteiger partial charge >= 0.3 is 0 Å². The summed E-state index contributed by atoms with van der Waals surface area (Å²) in [6, 6.07) is 0. The molecule has 0 amide bonds. The van der Waals surface area contributed by atoms with E-state index in [0.717, 1.165) is 0 Å². The van der Waals surface area contributed by atoms with Crippen molar-refractivity contribution in [1.82, 2.24) is 0 Å². The van der Waals surface area contributed by atoms with E-state index in [0.29, 0.717) is 0 Å². The molecule has 1 heteroatoms. The van der Waals surface area contributed by atoms with Crippen LogP contribution < -0.4 is 0 Å². The van der Waals surface area contributed by atoms with Gasteiger partial charge in [0.25, 0.3) is 0 Å². The van der Waals surface area contributed by atoms with Crippen LogP contribution in [0.4, 0.5) is 0 Å². The van der Waals surface area contributed by atoms with Crippen molar-refractivity contribution in [2.75, 3.05) is 6.16 Å². The zero-order valence-corrected chi connectivity index (χ0v) is 13.0. The van der Waals surface area contributed by atoms with E-state index in [1.807, 2.05) is 0 Å². The van der Waals surface area contributed by atoms with Gasteiger partial charge < -0.3 is 0 Å². The van der Waals surface area contributed by atoms with Gasteiger partial charge in [0.05, 0.1) is 0 Å². The second kappa shape index (κ2) is 16.2. The van der Waals surface area contributed by atoms with Crippen molar-refractivity contribution < 1.29 is 0 Å². The molecule has 0 aromatic carbocycles. The highest BCUT2D eigenvalue weighted by Crippen LogP contribution is 2.16. The molecule has 0 unspecified atom stereocenters. The summed E-state index contributed by atoms with van der Waals surface area (Å²) in [5.41, 5.74) is 0. The van der Waals surface area contributed by atoms with Gasteiger partial charge in [-0.25, -0.2) is 0 Å². The van der Waals surface area contributed by atoms with Crippen LogP contribution in [0.5, 0.6) is 0 Å². The Morgan fingerprint density at radius 2 is 1.24 bits per heavy atom.